The van der Waals surface area contributed by atoms with Crippen LogP contribution in [0.3, 0.4) is 0 Å². The van der Waals surface area contributed by atoms with Crippen molar-refractivity contribution >= 4 is 17.3 Å². The third kappa shape index (κ3) is 5.84. The number of aryl methyl sites for hydroxylation is 3. The van der Waals surface area contributed by atoms with Crippen LogP contribution in [0, 0.1) is 13.8 Å². The quantitative estimate of drug-likeness (QED) is 0.327. The van der Waals surface area contributed by atoms with Gasteiger partial charge in [-0.15, -0.1) is 11.3 Å². The van der Waals surface area contributed by atoms with Crippen LogP contribution in [0.25, 0.3) is 21.8 Å². The highest BCUT2D eigenvalue weighted by molar-refractivity contribution is 7.15. The fourth-order valence-corrected chi connectivity index (χ4v) is 4.61. The normalized spacial score (nSPS) is 10.8. The fourth-order valence-electron chi connectivity index (χ4n) is 3.65. The number of hydrogen-bond acceptors (Lipinski definition) is 5. The van der Waals surface area contributed by atoms with Crippen LogP contribution in [-0.2, 0) is 17.6 Å². The van der Waals surface area contributed by atoms with Crippen molar-refractivity contribution < 1.29 is 14.6 Å². The van der Waals surface area contributed by atoms with E-state index in [1.54, 1.807) is 17.5 Å². The van der Waals surface area contributed by atoms with E-state index in [0.29, 0.717) is 13.0 Å². The highest BCUT2D eigenvalue weighted by atomic mass is 32.1. The molecule has 0 aliphatic heterocycles. The number of carboxylic acids is 1. The SMILES string of the molecule is Cc1cc(OCCc2nc(-c3ccc(-c4ccccn4)cc3)sc2C)ccc1CCC(=O)O. The zero-order valence-electron chi connectivity index (χ0n) is 18.7. The molecular weight excluding hydrogens is 432 g/mol. The molecule has 168 valence electrons. The van der Waals surface area contributed by atoms with Gasteiger partial charge in [0.2, 0.25) is 0 Å². The monoisotopic (exact) mass is 458 g/mol. The highest BCUT2D eigenvalue weighted by Crippen LogP contribution is 2.30. The van der Waals surface area contributed by atoms with Crippen LogP contribution in [-0.4, -0.2) is 27.7 Å². The van der Waals surface area contributed by atoms with Gasteiger partial charge in [0.15, 0.2) is 0 Å². The van der Waals surface area contributed by atoms with Crippen molar-refractivity contribution in [3.63, 3.8) is 0 Å². The molecule has 2 aromatic carbocycles. The molecule has 0 aliphatic rings. The molecule has 4 aromatic rings. The molecule has 0 aliphatic carbocycles. The number of carbonyl (C=O) groups is 1. The Kier molecular flexibility index (Phi) is 7.15. The van der Waals surface area contributed by atoms with Gasteiger partial charge in [-0.1, -0.05) is 36.4 Å². The predicted octanol–water partition coefficient (Wildman–Crippen LogP) is 6.13. The molecule has 1 N–H and O–H groups in total. The number of hydrogen-bond donors (Lipinski definition) is 1. The van der Waals surface area contributed by atoms with Crippen LogP contribution in [0.5, 0.6) is 5.75 Å². The Bertz CT molecular complexity index is 1230. The lowest BCUT2D eigenvalue weighted by Gasteiger charge is -2.09. The maximum Gasteiger partial charge on any atom is 0.303 e. The largest absolute Gasteiger partial charge is 0.493 e. The van der Waals surface area contributed by atoms with Crippen LogP contribution in [0.1, 0.15) is 28.1 Å². The number of rotatable bonds is 9. The molecule has 0 spiro atoms. The van der Waals surface area contributed by atoms with Gasteiger partial charge >= 0.3 is 5.97 Å². The topological polar surface area (TPSA) is 72.3 Å². The van der Waals surface area contributed by atoms with Gasteiger partial charge in [0.1, 0.15) is 10.8 Å². The minimum atomic E-state index is -0.781. The number of carboxylic acid groups (broad SMARTS) is 1. The second kappa shape index (κ2) is 10.4. The van der Waals surface area contributed by atoms with E-state index >= 15 is 0 Å². The van der Waals surface area contributed by atoms with Gasteiger partial charge in [-0.05, 0) is 55.7 Å². The molecule has 0 saturated heterocycles. The van der Waals surface area contributed by atoms with Crippen molar-refractivity contribution in [3.05, 3.63) is 88.6 Å². The lowest BCUT2D eigenvalue weighted by atomic mass is 10.0. The molecule has 0 radical (unpaired) electrons. The summed E-state index contributed by atoms with van der Waals surface area (Å²) in [4.78, 5) is 21.2. The highest BCUT2D eigenvalue weighted by Gasteiger charge is 2.11. The number of aliphatic carboxylic acids is 1. The van der Waals surface area contributed by atoms with Gasteiger partial charge in [0.05, 0.1) is 18.0 Å². The zero-order chi connectivity index (χ0) is 23.2. The van der Waals surface area contributed by atoms with Crippen molar-refractivity contribution in [2.45, 2.75) is 33.1 Å². The van der Waals surface area contributed by atoms with Crippen molar-refractivity contribution in [2.24, 2.45) is 0 Å². The second-order valence-corrected chi connectivity index (χ2v) is 9.10. The van der Waals surface area contributed by atoms with Crippen molar-refractivity contribution in [1.29, 1.82) is 0 Å². The summed E-state index contributed by atoms with van der Waals surface area (Å²) in [7, 11) is 0. The lowest BCUT2D eigenvalue weighted by Crippen LogP contribution is -2.04. The first-order valence-electron chi connectivity index (χ1n) is 10.9. The Labute approximate surface area is 197 Å². The predicted molar refractivity (Wildman–Crippen MR) is 132 cm³/mol. The Balaban J connectivity index is 1.36. The van der Waals surface area contributed by atoms with Crippen LogP contribution >= 0.6 is 11.3 Å². The molecule has 6 heteroatoms. The number of benzene rings is 2. The third-order valence-corrected chi connectivity index (χ3v) is 6.58. The van der Waals surface area contributed by atoms with Gasteiger partial charge in [-0.3, -0.25) is 9.78 Å². The van der Waals surface area contributed by atoms with Gasteiger partial charge in [-0.25, -0.2) is 4.98 Å². The lowest BCUT2D eigenvalue weighted by molar-refractivity contribution is -0.136. The van der Waals surface area contributed by atoms with Crippen LogP contribution < -0.4 is 4.74 Å². The summed E-state index contributed by atoms with van der Waals surface area (Å²) in [5.74, 6) is 0.0154. The summed E-state index contributed by atoms with van der Waals surface area (Å²) in [6.07, 6.45) is 3.20. The molecule has 0 saturated carbocycles. The molecule has 5 nitrogen and oxygen atoms in total. The van der Waals surface area contributed by atoms with E-state index in [0.717, 1.165) is 50.8 Å². The second-order valence-electron chi connectivity index (χ2n) is 7.89. The van der Waals surface area contributed by atoms with Crippen LogP contribution in [0.15, 0.2) is 66.9 Å². The molecule has 33 heavy (non-hydrogen) atoms. The first kappa shape index (κ1) is 22.7. The average molecular weight is 459 g/mol. The summed E-state index contributed by atoms with van der Waals surface area (Å²) in [5, 5.41) is 9.88. The van der Waals surface area contributed by atoms with Crippen LogP contribution in [0.4, 0.5) is 0 Å². The van der Waals surface area contributed by atoms with Gasteiger partial charge in [-0.2, -0.15) is 0 Å². The third-order valence-electron chi connectivity index (χ3n) is 5.52. The first-order chi connectivity index (χ1) is 16.0. The Morgan fingerprint density at radius 2 is 1.79 bits per heavy atom. The number of pyridine rings is 1. The van der Waals surface area contributed by atoms with Crippen molar-refractivity contribution in [2.75, 3.05) is 6.61 Å². The maximum atomic E-state index is 10.8. The van der Waals surface area contributed by atoms with Crippen molar-refractivity contribution in [3.8, 4) is 27.6 Å². The molecule has 2 heterocycles. The van der Waals surface area contributed by atoms with E-state index in [4.69, 9.17) is 14.8 Å². The number of ether oxygens (including phenoxy) is 1. The molecular formula is C27H26N2O3S. The van der Waals surface area contributed by atoms with Gasteiger partial charge in [0.25, 0.3) is 0 Å². The first-order valence-corrected chi connectivity index (χ1v) is 11.7. The summed E-state index contributed by atoms with van der Waals surface area (Å²) >= 11 is 1.70. The molecule has 0 bridgehead atoms. The molecule has 2 aromatic heterocycles. The standard InChI is InChI=1S/C27H26N2O3S/c1-18-17-23(12-10-20(18)11-13-26(30)31)32-16-14-24-19(2)33-27(29-24)22-8-6-21(7-9-22)25-5-3-4-15-28-25/h3-10,12,15,17H,11,13-14,16H2,1-2H3,(H,30,31). The summed E-state index contributed by atoms with van der Waals surface area (Å²) in [6, 6.07) is 20.1. The summed E-state index contributed by atoms with van der Waals surface area (Å²) in [5.41, 5.74) is 6.29. The Hall–Kier alpha value is -3.51. The minimum absolute atomic E-state index is 0.137. The van der Waals surface area contributed by atoms with Crippen molar-refractivity contribution in [1.82, 2.24) is 9.97 Å². The van der Waals surface area contributed by atoms with Gasteiger partial charge < -0.3 is 9.84 Å². The summed E-state index contributed by atoms with van der Waals surface area (Å²) < 4.78 is 5.95. The molecule has 0 fully saturated rings. The Morgan fingerprint density at radius 1 is 1.00 bits per heavy atom. The molecule has 0 atom stereocenters. The maximum absolute atomic E-state index is 10.8. The van der Waals surface area contributed by atoms with E-state index in [1.807, 2.05) is 43.3 Å². The van der Waals surface area contributed by atoms with Gasteiger partial charge in [0, 0.05) is 35.0 Å². The number of thiazole rings is 1. The molecule has 0 amide bonds. The smallest absolute Gasteiger partial charge is 0.303 e. The van der Waals surface area contributed by atoms with E-state index < -0.39 is 5.97 Å². The van der Waals surface area contributed by atoms with E-state index in [2.05, 4.69) is 36.2 Å². The average Bonchev–Trinajstić information content (AvgIpc) is 3.19. The van der Waals surface area contributed by atoms with E-state index in [9.17, 15) is 4.79 Å². The number of nitrogens with zero attached hydrogens (tertiary/aromatic N) is 2. The van der Waals surface area contributed by atoms with Crippen LogP contribution in [0.2, 0.25) is 0 Å². The zero-order valence-corrected chi connectivity index (χ0v) is 19.6. The fraction of sp³-hybridized carbons (Fsp3) is 0.222. The van der Waals surface area contributed by atoms with E-state index in [-0.39, 0.29) is 6.42 Å². The minimum Gasteiger partial charge on any atom is -0.493 e. The molecule has 4 rings (SSSR count). The number of aromatic nitrogens is 2. The van der Waals surface area contributed by atoms with E-state index in [1.165, 1.54) is 4.88 Å². The Morgan fingerprint density at radius 3 is 2.48 bits per heavy atom. The molecule has 0 unspecified atom stereocenters. The summed E-state index contributed by atoms with van der Waals surface area (Å²) in [6.45, 7) is 4.62.